The molecule has 0 fully saturated rings. The molecule has 0 aliphatic carbocycles. The number of hydrogen-bond acceptors (Lipinski definition) is 4. The first kappa shape index (κ1) is 13.8. The molecule has 1 aromatic heterocycles. The predicted octanol–water partition coefficient (Wildman–Crippen LogP) is 3.70. The smallest absolute Gasteiger partial charge is 0.0954 e. The van der Waals surface area contributed by atoms with E-state index in [1.54, 1.807) is 11.3 Å². The lowest BCUT2D eigenvalue weighted by molar-refractivity contribution is 0.742. The number of thioether (sulfide) groups is 1. The lowest BCUT2D eigenvalue weighted by Gasteiger charge is -2.12. The third kappa shape index (κ3) is 3.70. The molecule has 0 saturated carbocycles. The van der Waals surface area contributed by atoms with Crippen LogP contribution in [0.3, 0.4) is 0 Å². The van der Waals surface area contributed by atoms with Gasteiger partial charge in [0.2, 0.25) is 0 Å². The van der Waals surface area contributed by atoms with Gasteiger partial charge in [-0.05, 0) is 18.6 Å². The number of hydrogen-bond donors (Lipinski definition) is 1. The standard InChI is InChI=1S/C14H20N2S2/c1-3-10(2)17-9-11(15)8-14-16-12-6-4-5-7-13(12)18-14/h4-7,10-11H,3,8-9,15H2,1-2H3. The zero-order valence-corrected chi connectivity index (χ0v) is 12.6. The summed E-state index contributed by atoms with van der Waals surface area (Å²) in [6, 6.07) is 8.49. The number of para-hydroxylation sites is 1. The number of aromatic nitrogens is 1. The molecule has 98 valence electrons. The SMILES string of the molecule is CCC(C)SCC(N)Cc1nc2ccccc2s1. The fourth-order valence-electron chi connectivity index (χ4n) is 1.70. The van der Waals surface area contributed by atoms with Gasteiger partial charge in [-0.1, -0.05) is 26.0 Å². The Morgan fingerprint density at radius 1 is 1.39 bits per heavy atom. The fourth-order valence-corrected chi connectivity index (χ4v) is 3.69. The molecule has 1 heterocycles. The van der Waals surface area contributed by atoms with Crippen LogP contribution in [0.25, 0.3) is 10.2 Å². The van der Waals surface area contributed by atoms with Gasteiger partial charge in [-0.3, -0.25) is 0 Å². The summed E-state index contributed by atoms with van der Waals surface area (Å²) < 4.78 is 1.26. The first-order valence-electron chi connectivity index (χ1n) is 6.40. The summed E-state index contributed by atoms with van der Waals surface area (Å²) in [6.45, 7) is 4.48. The average Bonchev–Trinajstić information content (AvgIpc) is 2.77. The van der Waals surface area contributed by atoms with Crippen molar-refractivity contribution in [1.82, 2.24) is 4.98 Å². The van der Waals surface area contributed by atoms with Crippen LogP contribution < -0.4 is 5.73 Å². The minimum Gasteiger partial charge on any atom is -0.327 e. The number of rotatable bonds is 6. The maximum absolute atomic E-state index is 6.18. The Kier molecular flexibility index (Phi) is 5.03. The van der Waals surface area contributed by atoms with E-state index in [2.05, 4.69) is 37.0 Å². The lowest BCUT2D eigenvalue weighted by atomic mass is 10.2. The van der Waals surface area contributed by atoms with E-state index >= 15 is 0 Å². The normalized spacial score (nSPS) is 14.8. The van der Waals surface area contributed by atoms with Gasteiger partial charge >= 0.3 is 0 Å². The van der Waals surface area contributed by atoms with Crippen molar-refractivity contribution in [2.45, 2.75) is 38.0 Å². The second-order valence-electron chi connectivity index (χ2n) is 4.59. The summed E-state index contributed by atoms with van der Waals surface area (Å²) in [6.07, 6.45) is 2.10. The van der Waals surface area contributed by atoms with Crippen LogP contribution in [0.5, 0.6) is 0 Å². The predicted molar refractivity (Wildman–Crippen MR) is 83.5 cm³/mol. The van der Waals surface area contributed by atoms with Gasteiger partial charge in [-0.15, -0.1) is 11.3 Å². The van der Waals surface area contributed by atoms with E-state index in [1.807, 2.05) is 17.8 Å². The molecule has 0 radical (unpaired) electrons. The van der Waals surface area contributed by atoms with Crippen LogP contribution in [-0.2, 0) is 6.42 Å². The Hall–Kier alpha value is -0.580. The summed E-state index contributed by atoms with van der Waals surface area (Å²) in [5.41, 5.74) is 7.27. The van der Waals surface area contributed by atoms with Crippen LogP contribution in [0, 0.1) is 0 Å². The quantitative estimate of drug-likeness (QED) is 0.877. The number of thiazole rings is 1. The molecule has 4 heteroatoms. The van der Waals surface area contributed by atoms with Crippen LogP contribution in [0.15, 0.2) is 24.3 Å². The molecular formula is C14H20N2S2. The van der Waals surface area contributed by atoms with Gasteiger partial charge in [-0.2, -0.15) is 11.8 Å². The third-order valence-electron chi connectivity index (χ3n) is 2.94. The van der Waals surface area contributed by atoms with Gasteiger partial charge in [0.1, 0.15) is 0 Å². The van der Waals surface area contributed by atoms with Crippen LogP contribution in [0.1, 0.15) is 25.3 Å². The summed E-state index contributed by atoms with van der Waals surface area (Å²) >= 11 is 3.73. The van der Waals surface area contributed by atoms with E-state index in [1.165, 1.54) is 11.1 Å². The summed E-state index contributed by atoms with van der Waals surface area (Å²) in [4.78, 5) is 4.63. The van der Waals surface area contributed by atoms with E-state index in [9.17, 15) is 0 Å². The van der Waals surface area contributed by atoms with Crippen LogP contribution in [0.2, 0.25) is 0 Å². The number of nitrogens with two attached hydrogens (primary N) is 1. The van der Waals surface area contributed by atoms with Gasteiger partial charge in [0.15, 0.2) is 0 Å². The van der Waals surface area contributed by atoms with Crippen molar-refractivity contribution in [1.29, 1.82) is 0 Å². The molecule has 0 spiro atoms. The first-order valence-corrected chi connectivity index (χ1v) is 8.27. The molecule has 0 aliphatic rings. The van der Waals surface area contributed by atoms with Crippen molar-refractivity contribution < 1.29 is 0 Å². The first-order chi connectivity index (χ1) is 8.69. The van der Waals surface area contributed by atoms with E-state index in [0.29, 0.717) is 5.25 Å². The monoisotopic (exact) mass is 280 g/mol. The third-order valence-corrected chi connectivity index (χ3v) is 5.53. The maximum atomic E-state index is 6.18. The second-order valence-corrected chi connectivity index (χ2v) is 7.18. The molecule has 2 atom stereocenters. The zero-order chi connectivity index (χ0) is 13.0. The van der Waals surface area contributed by atoms with Gasteiger partial charge in [0.05, 0.1) is 15.2 Å². The summed E-state index contributed by atoms with van der Waals surface area (Å²) in [7, 11) is 0. The molecule has 2 unspecified atom stereocenters. The molecule has 0 bridgehead atoms. The minimum atomic E-state index is 0.213. The van der Waals surface area contributed by atoms with Gasteiger partial charge < -0.3 is 5.73 Å². The molecule has 2 aromatic rings. The number of fused-ring (bicyclic) bond motifs is 1. The van der Waals surface area contributed by atoms with Crippen molar-refractivity contribution in [3.8, 4) is 0 Å². The van der Waals surface area contributed by atoms with E-state index in [4.69, 9.17) is 5.73 Å². The maximum Gasteiger partial charge on any atom is 0.0954 e. The Morgan fingerprint density at radius 2 is 2.17 bits per heavy atom. The highest BCUT2D eigenvalue weighted by Crippen LogP contribution is 2.23. The van der Waals surface area contributed by atoms with Crippen molar-refractivity contribution in [2.24, 2.45) is 5.73 Å². The molecule has 0 amide bonds. The number of benzene rings is 1. The van der Waals surface area contributed by atoms with Crippen LogP contribution in [0.4, 0.5) is 0 Å². The number of nitrogens with zero attached hydrogens (tertiary/aromatic N) is 1. The zero-order valence-electron chi connectivity index (χ0n) is 10.9. The molecular weight excluding hydrogens is 260 g/mol. The largest absolute Gasteiger partial charge is 0.327 e. The van der Waals surface area contributed by atoms with Crippen molar-refractivity contribution >= 4 is 33.3 Å². The Labute approximate surface area is 117 Å². The molecule has 2 N–H and O–H groups in total. The molecule has 2 rings (SSSR count). The minimum absolute atomic E-state index is 0.213. The van der Waals surface area contributed by atoms with Crippen LogP contribution in [-0.4, -0.2) is 22.0 Å². The molecule has 0 saturated heterocycles. The highest BCUT2D eigenvalue weighted by Gasteiger charge is 2.10. The molecule has 18 heavy (non-hydrogen) atoms. The highest BCUT2D eigenvalue weighted by molar-refractivity contribution is 7.99. The molecule has 1 aromatic carbocycles. The van der Waals surface area contributed by atoms with Crippen LogP contribution >= 0.6 is 23.1 Å². The van der Waals surface area contributed by atoms with Gasteiger partial charge in [-0.25, -0.2) is 4.98 Å². The molecule has 2 nitrogen and oxygen atoms in total. The molecule has 0 aliphatic heterocycles. The Balaban J connectivity index is 1.92. The summed E-state index contributed by atoms with van der Waals surface area (Å²) in [5, 5.41) is 1.86. The van der Waals surface area contributed by atoms with E-state index in [0.717, 1.165) is 22.7 Å². The highest BCUT2D eigenvalue weighted by atomic mass is 32.2. The van der Waals surface area contributed by atoms with Crippen molar-refractivity contribution in [3.05, 3.63) is 29.3 Å². The fraction of sp³-hybridized carbons (Fsp3) is 0.500. The Morgan fingerprint density at radius 3 is 2.89 bits per heavy atom. The van der Waals surface area contributed by atoms with Gasteiger partial charge in [0, 0.05) is 23.5 Å². The second kappa shape index (κ2) is 6.55. The van der Waals surface area contributed by atoms with Gasteiger partial charge in [0.25, 0.3) is 0 Å². The summed E-state index contributed by atoms with van der Waals surface area (Å²) in [5.74, 6) is 1.02. The van der Waals surface area contributed by atoms with Crippen molar-refractivity contribution in [3.63, 3.8) is 0 Å². The van der Waals surface area contributed by atoms with Crippen molar-refractivity contribution in [2.75, 3.05) is 5.75 Å². The van der Waals surface area contributed by atoms with E-state index < -0.39 is 0 Å². The lowest BCUT2D eigenvalue weighted by Crippen LogP contribution is -2.26. The Bertz CT molecular complexity index is 462. The topological polar surface area (TPSA) is 38.9 Å². The average molecular weight is 280 g/mol. The van der Waals surface area contributed by atoms with E-state index in [-0.39, 0.29) is 6.04 Å².